The number of phenolic OH excluding ortho intramolecular Hbond substituents is 1. The van der Waals surface area contributed by atoms with Gasteiger partial charge in [0.1, 0.15) is 23.0 Å². The van der Waals surface area contributed by atoms with Gasteiger partial charge in [-0.2, -0.15) is 0 Å². The number of amides is 1. The lowest BCUT2D eigenvalue weighted by Gasteiger charge is -2.25. The predicted octanol–water partition coefficient (Wildman–Crippen LogP) is 4.31. The second kappa shape index (κ2) is 8.86. The van der Waals surface area contributed by atoms with Crippen molar-refractivity contribution in [2.24, 2.45) is 0 Å². The van der Waals surface area contributed by atoms with E-state index in [0.717, 1.165) is 23.1 Å². The summed E-state index contributed by atoms with van der Waals surface area (Å²) < 4.78 is 38.0. The first-order valence-electron chi connectivity index (χ1n) is 10.0. The summed E-state index contributed by atoms with van der Waals surface area (Å²) >= 11 is 0. The van der Waals surface area contributed by atoms with Crippen LogP contribution in [0.1, 0.15) is 17.2 Å². The molecule has 1 aliphatic heterocycles. The first-order chi connectivity index (χ1) is 16.3. The molecule has 34 heavy (non-hydrogen) atoms. The average Bonchev–Trinajstić information content (AvgIpc) is 3.10. The number of rotatable bonds is 5. The van der Waals surface area contributed by atoms with Crippen molar-refractivity contribution in [1.29, 1.82) is 0 Å². The van der Waals surface area contributed by atoms with Gasteiger partial charge >= 0.3 is 0 Å². The number of anilines is 1. The number of aliphatic hydroxyl groups is 1. The number of aliphatic hydroxyl groups excluding tert-OH is 1. The molecule has 7 nitrogen and oxygen atoms in total. The van der Waals surface area contributed by atoms with E-state index >= 15 is 0 Å². The van der Waals surface area contributed by atoms with Crippen LogP contribution >= 0.6 is 0 Å². The molecular formula is C25H19F2NO6. The van der Waals surface area contributed by atoms with Gasteiger partial charge in [0.2, 0.25) is 0 Å². The van der Waals surface area contributed by atoms with Crippen LogP contribution in [-0.4, -0.2) is 36.1 Å². The smallest absolute Gasteiger partial charge is 0.300 e. The Bertz CT molecular complexity index is 1320. The van der Waals surface area contributed by atoms with Crippen LogP contribution in [0.4, 0.5) is 14.5 Å². The number of halogens is 2. The molecule has 0 aromatic heterocycles. The third kappa shape index (κ3) is 3.81. The fraction of sp³-hybridized carbons (Fsp3) is 0.120. The van der Waals surface area contributed by atoms with Crippen molar-refractivity contribution in [2.75, 3.05) is 19.1 Å². The van der Waals surface area contributed by atoms with Crippen LogP contribution < -0.4 is 14.4 Å². The number of hydrogen-bond donors (Lipinski definition) is 2. The van der Waals surface area contributed by atoms with Gasteiger partial charge < -0.3 is 19.7 Å². The van der Waals surface area contributed by atoms with Crippen LogP contribution in [0.5, 0.6) is 17.2 Å². The molecule has 174 valence electrons. The molecule has 1 fully saturated rings. The summed E-state index contributed by atoms with van der Waals surface area (Å²) in [7, 11) is 2.81. The van der Waals surface area contributed by atoms with Crippen molar-refractivity contribution in [3.63, 3.8) is 0 Å². The number of nitrogens with zero attached hydrogens (tertiary/aromatic N) is 1. The fourth-order valence-corrected chi connectivity index (χ4v) is 3.84. The second-order valence-electron chi connectivity index (χ2n) is 7.43. The zero-order valence-electron chi connectivity index (χ0n) is 18.1. The molecule has 1 unspecified atom stereocenters. The Labute approximate surface area is 193 Å². The van der Waals surface area contributed by atoms with Crippen molar-refractivity contribution < 1.29 is 38.1 Å². The zero-order chi connectivity index (χ0) is 24.6. The highest BCUT2D eigenvalue weighted by molar-refractivity contribution is 6.51. The highest BCUT2D eigenvalue weighted by Crippen LogP contribution is 2.44. The Balaban J connectivity index is 1.97. The minimum atomic E-state index is -1.21. The van der Waals surface area contributed by atoms with Gasteiger partial charge in [0.15, 0.2) is 11.6 Å². The molecule has 1 aliphatic rings. The van der Waals surface area contributed by atoms with Crippen LogP contribution in [-0.2, 0) is 9.59 Å². The lowest BCUT2D eigenvalue weighted by molar-refractivity contribution is -0.132. The van der Waals surface area contributed by atoms with E-state index in [9.17, 15) is 28.6 Å². The molecule has 1 amide bonds. The largest absolute Gasteiger partial charge is 0.508 e. The summed E-state index contributed by atoms with van der Waals surface area (Å²) in [4.78, 5) is 27.2. The van der Waals surface area contributed by atoms with E-state index in [1.54, 1.807) is 6.07 Å². The highest BCUT2D eigenvalue weighted by Gasteiger charge is 2.47. The molecule has 4 rings (SSSR count). The number of aromatic hydroxyl groups is 1. The molecule has 0 bridgehead atoms. The first kappa shape index (κ1) is 22.8. The average molecular weight is 467 g/mol. The Hall–Kier alpha value is -4.40. The fourth-order valence-electron chi connectivity index (χ4n) is 3.84. The quantitative estimate of drug-likeness (QED) is 0.330. The summed E-state index contributed by atoms with van der Waals surface area (Å²) in [5.41, 5.74) is 0.0924. The number of phenols is 1. The Morgan fingerprint density at radius 3 is 2.24 bits per heavy atom. The normalized spacial score (nSPS) is 17.2. The van der Waals surface area contributed by atoms with E-state index in [2.05, 4.69) is 0 Å². The monoisotopic (exact) mass is 467 g/mol. The molecule has 1 heterocycles. The molecule has 1 atom stereocenters. The second-order valence-corrected chi connectivity index (χ2v) is 7.43. The Morgan fingerprint density at radius 2 is 1.62 bits per heavy atom. The minimum Gasteiger partial charge on any atom is -0.508 e. The summed E-state index contributed by atoms with van der Waals surface area (Å²) in [6, 6.07) is 11.7. The highest BCUT2D eigenvalue weighted by atomic mass is 19.2. The van der Waals surface area contributed by atoms with Gasteiger partial charge in [0, 0.05) is 17.8 Å². The van der Waals surface area contributed by atoms with Gasteiger partial charge in [-0.25, -0.2) is 8.78 Å². The van der Waals surface area contributed by atoms with Crippen molar-refractivity contribution in [3.8, 4) is 17.2 Å². The van der Waals surface area contributed by atoms with Crippen molar-refractivity contribution in [2.45, 2.75) is 6.04 Å². The first-order valence-corrected chi connectivity index (χ1v) is 10.0. The molecular weight excluding hydrogens is 448 g/mol. The van der Waals surface area contributed by atoms with E-state index in [4.69, 9.17) is 9.47 Å². The van der Waals surface area contributed by atoms with E-state index in [1.165, 1.54) is 50.6 Å². The number of methoxy groups -OCH3 is 2. The number of carbonyl (C=O) groups is 2. The van der Waals surface area contributed by atoms with Gasteiger partial charge in [0.25, 0.3) is 11.7 Å². The molecule has 0 aliphatic carbocycles. The molecule has 1 saturated heterocycles. The topological polar surface area (TPSA) is 96.3 Å². The van der Waals surface area contributed by atoms with Crippen LogP contribution in [0, 0.1) is 11.6 Å². The predicted molar refractivity (Wildman–Crippen MR) is 119 cm³/mol. The van der Waals surface area contributed by atoms with Gasteiger partial charge in [0.05, 0.1) is 31.4 Å². The summed E-state index contributed by atoms with van der Waals surface area (Å²) in [5.74, 6) is -4.38. The number of carbonyl (C=O) groups excluding carboxylic acids is 2. The lowest BCUT2D eigenvalue weighted by Crippen LogP contribution is -2.29. The van der Waals surface area contributed by atoms with Crippen LogP contribution in [0.25, 0.3) is 5.76 Å². The molecule has 0 radical (unpaired) electrons. The molecule has 3 aromatic rings. The minimum absolute atomic E-state index is 0.0645. The SMILES string of the molecule is COc1ccc(/C(O)=C2/C(=O)C(=O)N(c3ccc(F)c(F)c3)C2c2ccc(O)cc2)c(OC)c1. The molecule has 0 saturated carbocycles. The Morgan fingerprint density at radius 1 is 0.912 bits per heavy atom. The molecule has 0 spiro atoms. The lowest BCUT2D eigenvalue weighted by atomic mass is 9.94. The van der Waals surface area contributed by atoms with Gasteiger partial charge in [-0.3, -0.25) is 14.5 Å². The third-order valence-electron chi connectivity index (χ3n) is 5.50. The zero-order valence-corrected chi connectivity index (χ0v) is 18.1. The number of benzene rings is 3. The van der Waals surface area contributed by atoms with E-state index < -0.39 is 35.1 Å². The Kier molecular flexibility index (Phi) is 5.93. The number of Topliss-reactive ketones (excluding diaryl/α,β-unsaturated/α-hetero) is 1. The maximum absolute atomic E-state index is 14.0. The maximum atomic E-state index is 14.0. The van der Waals surface area contributed by atoms with Crippen molar-refractivity contribution in [3.05, 3.63) is 89.0 Å². The van der Waals surface area contributed by atoms with Crippen LogP contribution in [0.3, 0.4) is 0 Å². The molecule has 9 heteroatoms. The van der Waals surface area contributed by atoms with Gasteiger partial charge in [-0.15, -0.1) is 0 Å². The van der Waals surface area contributed by atoms with Crippen molar-refractivity contribution >= 4 is 23.1 Å². The number of hydrogen-bond acceptors (Lipinski definition) is 6. The van der Waals surface area contributed by atoms with E-state index in [1.807, 2.05) is 0 Å². The van der Waals surface area contributed by atoms with Gasteiger partial charge in [-0.1, -0.05) is 12.1 Å². The number of ketones is 1. The summed E-state index contributed by atoms with van der Waals surface area (Å²) in [6.45, 7) is 0. The third-order valence-corrected chi connectivity index (χ3v) is 5.50. The number of ether oxygens (including phenoxy) is 2. The summed E-state index contributed by atoms with van der Waals surface area (Å²) in [5, 5.41) is 20.9. The summed E-state index contributed by atoms with van der Waals surface area (Å²) in [6.07, 6.45) is 0. The molecule has 2 N–H and O–H groups in total. The van der Waals surface area contributed by atoms with E-state index in [0.29, 0.717) is 11.3 Å². The maximum Gasteiger partial charge on any atom is 0.300 e. The van der Waals surface area contributed by atoms with Crippen LogP contribution in [0.15, 0.2) is 66.2 Å². The standard InChI is InChI=1S/C25H19F2NO6/c1-33-16-8-9-17(20(12-16)34-2)23(30)21-22(13-3-6-15(29)7-4-13)28(25(32)24(21)31)14-5-10-18(26)19(27)11-14/h3-12,22,29-30H,1-2H3/b23-21-. The van der Waals surface area contributed by atoms with Crippen LogP contribution in [0.2, 0.25) is 0 Å². The van der Waals surface area contributed by atoms with Gasteiger partial charge in [-0.05, 0) is 42.0 Å². The molecule has 3 aromatic carbocycles. The van der Waals surface area contributed by atoms with Crippen molar-refractivity contribution in [1.82, 2.24) is 0 Å². The van der Waals surface area contributed by atoms with E-state index in [-0.39, 0.29) is 28.3 Å².